The number of thioether (sulfide) groups is 1. The van der Waals surface area contributed by atoms with Crippen molar-refractivity contribution in [2.75, 3.05) is 11.1 Å². The van der Waals surface area contributed by atoms with Crippen molar-refractivity contribution in [2.24, 2.45) is 0 Å². The molecule has 0 spiro atoms. The molecule has 3 rings (SSSR count). The van der Waals surface area contributed by atoms with Gasteiger partial charge in [-0.2, -0.15) is 0 Å². The minimum Gasteiger partial charge on any atom is -0.408 e. The number of anilines is 1. The third kappa shape index (κ3) is 4.39. The van der Waals surface area contributed by atoms with E-state index in [4.69, 9.17) is 4.42 Å². The minimum atomic E-state index is -0.195. The van der Waals surface area contributed by atoms with Gasteiger partial charge in [0.2, 0.25) is 11.8 Å². The quantitative estimate of drug-likeness (QED) is 0.785. The Morgan fingerprint density at radius 1 is 1.24 bits per heavy atom. The summed E-state index contributed by atoms with van der Waals surface area (Å²) in [6, 6.07) is 0.582. The van der Waals surface area contributed by atoms with E-state index in [0.29, 0.717) is 11.9 Å². The Morgan fingerprint density at radius 2 is 2.00 bits per heavy atom. The molecule has 0 atom stereocenters. The summed E-state index contributed by atoms with van der Waals surface area (Å²) >= 11 is 1.39. The summed E-state index contributed by atoms with van der Waals surface area (Å²) < 4.78 is 7.58. The smallest absolute Gasteiger partial charge is 0.322 e. The highest BCUT2D eigenvalue weighted by Crippen LogP contribution is 2.32. The van der Waals surface area contributed by atoms with E-state index in [1.165, 1.54) is 31.0 Å². The van der Waals surface area contributed by atoms with Crippen LogP contribution in [0.1, 0.15) is 69.6 Å². The summed E-state index contributed by atoms with van der Waals surface area (Å²) in [5, 5.41) is 19.6. The molecule has 1 aliphatic rings. The lowest BCUT2D eigenvalue weighted by molar-refractivity contribution is -0.113. The number of rotatable bonds is 6. The number of carbonyl (C=O) groups is 1. The van der Waals surface area contributed by atoms with Crippen LogP contribution in [-0.4, -0.2) is 36.6 Å². The van der Waals surface area contributed by atoms with Crippen molar-refractivity contribution in [3.8, 4) is 0 Å². The Kier molecular flexibility index (Phi) is 5.72. The number of nitrogens with one attached hydrogen (secondary N) is 1. The molecule has 1 fully saturated rings. The SMILES string of the molecule is Cc1nnc(SCC(=O)Nc2nnc(C(C)C)o2)n1C1CCCCC1. The van der Waals surface area contributed by atoms with E-state index in [0.717, 1.165) is 23.8 Å². The predicted octanol–water partition coefficient (Wildman–Crippen LogP) is 3.33. The van der Waals surface area contributed by atoms with Gasteiger partial charge in [0.1, 0.15) is 5.82 Å². The van der Waals surface area contributed by atoms with E-state index in [-0.39, 0.29) is 23.6 Å². The highest BCUT2D eigenvalue weighted by Gasteiger charge is 2.22. The molecule has 0 saturated heterocycles. The van der Waals surface area contributed by atoms with Crippen LogP contribution in [0.15, 0.2) is 9.57 Å². The molecule has 0 radical (unpaired) electrons. The molecule has 1 aliphatic carbocycles. The lowest BCUT2D eigenvalue weighted by Crippen LogP contribution is -2.17. The van der Waals surface area contributed by atoms with Gasteiger partial charge in [-0.25, -0.2) is 0 Å². The second-order valence-corrected chi connectivity index (χ2v) is 7.57. The topological polar surface area (TPSA) is 98.7 Å². The Morgan fingerprint density at radius 3 is 2.68 bits per heavy atom. The fourth-order valence-electron chi connectivity index (χ4n) is 3.01. The van der Waals surface area contributed by atoms with E-state index in [9.17, 15) is 4.79 Å². The fraction of sp³-hybridized carbons (Fsp3) is 0.688. The first-order valence-corrected chi connectivity index (χ1v) is 9.70. The monoisotopic (exact) mass is 364 g/mol. The number of aryl methyl sites for hydroxylation is 1. The average Bonchev–Trinajstić information content (AvgIpc) is 3.20. The largest absolute Gasteiger partial charge is 0.408 e. The molecule has 1 N–H and O–H groups in total. The molecular weight excluding hydrogens is 340 g/mol. The van der Waals surface area contributed by atoms with Gasteiger partial charge in [-0.3, -0.25) is 10.1 Å². The molecule has 1 saturated carbocycles. The van der Waals surface area contributed by atoms with Gasteiger partial charge >= 0.3 is 6.01 Å². The zero-order valence-corrected chi connectivity index (χ0v) is 15.7. The normalized spacial score (nSPS) is 15.7. The number of nitrogens with zero attached hydrogens (tertiary/aromatic N) is 5. The molecule has 0 unspecified atom stereocenters. The third-order valence-corrected chi connectivity index (χ3v) is 5.23. The molecule has 9 heteroatoms. The van der Waals surface area contributed by atoms with Gasteiger partial charge in [0.15, 0.2) is 5.16 Å². The average molecular weight is 364 g/mol. The van der Waals surface area contributed by atoms with Crippen molar-refractivity contribution in [2.45, 2.75) is 70.0 Å². The molecule has 2 aromatic rings. The van der Waals surface area contributed by atoms with E-state index < -0.39 is 0 Å². The lowest BCUT2D eigenvalue weighted by atomic mass is 9.95. The van der Waals surface area contributed by atoms with Crippen LogP contribution in [0, 0.1) is 6.92 Å². The number of aromatic nitrogens is 5. The maximum Gasteiger partial charge on any atom is 0.322 e. The molecule has 0 bridgehead atoms. The summed E-state index contributed by atoms with van der Waals surface area (Å²) in [4.78, 5) is 12.1. The van der Waals surface area contributed by atoms with Crippen molar-refractivity contribution in [1.29, 1.82) is 0 Å². The van der Waals surface area contributed by atoms with Crippen molar-refractivity contribution >= 4 is 23.7 Å². The van der Waals surface area contributed by atoms with Crippen molar-refractivity contribution in [1.82, 2.24) is 25.0 Å². The number of hydrogen-bond acceptors (Lipinski definition) is 7. The highest BCUT2D eigenvalue weighted by atomic mass is 32.2. The van der Waals surface area contributed by atoms with Crippen LogP contribution >= 0.6 is 11.8 Å². The first kappa shape index (κ1) is 17.9. The van der Waals surface area contributed by atoms with Crippen LogP contribution in [0.5, 0.6) is 0 Å². The standard InChI is InChI=1S/C16H24N6O2S/c1-10(2)14-19-20-15(24-14)17-13(23)9-25-16-21-18-11(3)22(16)12-7-5-4-6-8-12/h10,12H,4-9H2,1-3H3,(H,17,20,23). The maximum atomic E-state index is 12.1. The lowest BCUT2D eigenvalue weighted by Gasteiger charge is -2.24. The van der Waals surface area contributed by atoms with Crippen LogP contribution in [0.3, 0.4) is 0 Å². The zero-order valence-electron chi connectivity index (χ0n) is 14.9. The van der Waals surface area contributed by atoms with Crippen LogP contribution < -0.4 is 5.32 Å². The van der Waals surface area contributed by atoms with Gasteiger partial charge in [0, 0.05) is 12.0 Å². The molecule has 136 valence electrons. The van der Waals surface area contributed by atoms with E-state index in [1.807, 2.05) is 20.8 Å². The molecule has 0 aliphatic heterocycles. The predicted molar refractivity (Wildman–Crippen MR) is 94.6 cm³/mol. The van der Waals surface area contributed by atoms with Gasteiger partial charge in [0.25, 0.3) is 0 Å². The molecule has 2 aromatic heterocycles. The Labute approximate surface area is 151 Å². The zero-order chi connectivity index (χ0) is 17.8. The molecule has 8 nitrogen and oxygen atoms in total. The van der Waals surface area contributed by atoms with E-state index >= 15 is 0 Å². The number of hydrogen-bond donors (Lipinski definition) is 1. The summed E-state index contributed by atoms with van der Waals surface area (Å²) in [6.07, 6.45) is 6.08. The Balaban J connectivity index is 1.58. The second kappa shape index (κ2) is 7.99. The molecule has 25 heavy (non-hydrogen) atoms. The van der Waals surface area contributed by atoms with Crippen LogP contribution in [0.25, 0.3) is 0 Å². The molecular formula is C16H24N6O2S. The van der Waals surface area contributed by atoms with Gasteiger partial charge in [-0.05, 0) is 19.8 Å². The minimum absolute atomic E-state index is 0.129. The molecule has 1 amide bonds. The highest BCUT2D eigenvalue weighted by molar-refractivity contribution is 7.99. The first-order chi connectivity index (χ1) is 12.0. The summed E-state index contributed by atoms with van der Waals surface area (Å²) in [5.41, 5.74) is 0. The summed E-state index contributed by atoms with van der Waals surface area (Å²) in [5.74, 6) is 1.58. The van der Waals surface area contributed by atoms with Gasteiger partial charge in [-0.1, -0.05) is 50.0 Å². The Bertz CT molecular complexity index is 720. The van der Waals surface area contributed by atoms with Crippen molar-refractivity contribution in [3.05, 3.63) is 11.7 Å². The van der Waals surface area contributed by atoms with Crippen molar-refractivity contribution < 1.29 is 9.21 Å². The number of amides is 1. The van der Waals surface area contributed by atoms with E-state index in [1.54, 1.807) is 0 Å². The van der Waals surface area contributed by atoms with Gasteiger partial charge in [0.05, 0.1) is 5.75 Å². The number of carbonyl (C=O) groups excluding carboxylic acids is 1. The van der Waals surface area contributed by atoms with Crippen LogP contribution in [0.2, 0.25) is 0 Å². The van der Waals surface area contributed by atoms with Crippen LogP contribution in [-0.2, 0) is 4.79 Å². The van der Waals surface area contributed by atoms with Crippen molar-refractivity contribution in [3.63, 3.8) is 0 Å². The molecule has 0 aromatic carbocycles. The maximum absolute atomic E-state index is 12.1. The molecule has 2 heterocycles. The first-order valence-electron chi connectivity index (χ1n) is 8.72. The van der Waals surface area contributed by atoms with Crippen LogP contribution in [0.4, 0.5) is 6.01 Å². The summed E-state index contributed by atoms with van der Waals surface area (Å²) in [7, 11) is 0. The van der Waals surface area contributed by atoms with Gasteiger partial charge < -0.3 is 8.98 Å². The van der Waals surface area contributed by atoms with Gasteiger partial charge in [-0.15, -0.1) is 15.3 Å². The summed E-state index contributed by atoms with van der Waals surface area (Å²) in [6.45, 7) is 5.88. The fourth-order valence-corrected chi connectivity index (χ4v) is 3.86. The third-order valence-electron chi connectivity index (χ3n) is 4.29. The van der Waals surface area contributed by atoms with E-state index in [2.05, 4.69) is 30.3 Å². The second-order valence-electron chi connectivity index (χ2n) is 6.63. The Hall–Kier alpha value is -1.90.